The molecule has 0 saturated carbocycles. The first kappa shape index (κ1) is 18.4. The van der Waals surface area contributed by atoms with Crippen LogP contribution in [0, 0.1) is 0 Å². The number of anilines is 1. The molecular formula is C21H18ClNO2S. The van der Waals surface area contributed by atoms with Crippen molar-refractivity contribution >= 4 is 35.0 Å². The number of hydrogen-bond acceptors (Lipinski definition) is 3. The van der Waals surface area contributed by atoms with Crippen molar-refractivity contribution in [3.63, 3.8) is 0 Å². The molecule has 0 aliphatic heterocycles. The van der Waals surface area contributed by atoms with E-state index in [-0.39, 0.29) is 5.91 Å². The maximum absolute atomic E-state index is 12.3. The van der Waals surface area contributed by atoms with Crippen LogP contribution >= 0.6 is 23.4 Å². The van der Waals surface area contributed by atoms with Gasteiger partial charge < -0.3 is 10.1 Å². The summed E-state index contributed by atoms with van der Waals surface area (Å²) in [6.07, 6.45) is 0.410. The molecule has 3 aromatic rings. The van der Waals surface area contributed by atoms with E-state index in [0.29, 0.717) is 28.6 Å². The lowest BCUT2D eigenvalue weighted by Crippen LogP contribution is -2.12. The molecule has 1 N–H and O–H groups in total. The zero-order valence-corrected chi connectivity index (χ0v) is 15.6. The summed E-state index contributed by atoms with van der Waals surface area (Å²) < 4.78 is 5.86. The molecule has 0 heterocycles. The van der Waals surface area contributed by atoms with E-state index in [1.807, 2.05) is 78.9 Å². The van der Waals surface area contributed by atoms with Gasteiger partial charge in [-0.15, -0.1) is 11.8 Å². The molecule has 0 aromatic heterocycles. The Kier molecular flexibility index (Phi) is 6.58. The van der Waals surface area contributed by atoms with Crippen molar-refractivity contribution in [2.45, 2.75) is 11.3 Å². The van der Waals surface area contributed by atoms with Crippen LogP contribution in [0.5, 0.6) is 11.5 Å². The lowest BCUT2D eigenvalue weighted by molar-refractivity contribution is -0.115. The molecule has 3 nitrogen and oxygen atoms in total. The van der Waals surface area contributed by atoms with Crippen LogP contribution in [0.2, 0.25) is 5.02 Å². The van der Waals surface area contributed by atoms with Gasteiger partial charge in [0, 0.05) is 22.1 Å². The Balaban J connectivity index is 1.55. The number of para-hydroxylation sites is 3. The Bertz CT molecular complexity index is 853. The van der Waals surface area contributed by atoms with Crippen molar-refractivity contribution in [3.8, 4) is 11.5 Å². The average molecular weight is 384 g/mol. The van der Waals surface area contributed by atoms with Crippen molar-refractivity contribution in [2.75, 3.05) is 11.1 Å². The van der Waals surface area contributed by atoms with E-state index in [9.17, 15) is 4.79 Å². The number of hydrogen-bond donors (Lipinski definition) is 1. The highest BCUT2D eigenvalue weighted by molar-refractivity contribution is 7.99. The second kappa shape index (κ2) is 9.32. The molecular weight excluding hydrogens is 366 g/mol. The third kappa shape index (κ3) is 5.55. The fraction of sp³-hybridized carbons (Fsp3) is 0.0952. The molecule has 3 aromatic carbocycles. The highest BCUT2D eigenvalue weighted by atomic mass is 35.5. The number of rotatable bonds is 7. The lowest BCUT2D eigenvalue weighted by atomic mass is 10.2. The third-order valence-corrected chi connectivity index (χ3v) is 4.81. The highest BCUT2D eigenvalue weighted by Gasteiger charge is 2.08. The number of carbonyl (C=O) groups excluding carboxylic acids is 1. The van der Waals surface area contributed by atoms with Crippen molar-refractivity contribution < 1.29 is 9.53 Å². The Morgan fingerprint density at radius 2 is 1.62 bits per heavy atom. The summed E-state index contributed by atoms with van der Waals surface area (Å²) in [5.74, 6) is 2.00. The monoisotopic (exact) mass is 383 g/mol. The van der Waals surface area contributed by atoms with Crippen LogP contribution in [0.3, 0.4) is 0 Å². The van der Waals surface area contributed by atoms with E-state index in [0.717, 1.165) is 10.6 Å². The van der Waals surface area contributed by atoms with E-state index in [4.69, 9.17) is 16.3 Å². The molecule has 0 bridgehead atoms. The number of carbonyl (C=O) groups is 1. The molecule has 132 valence electrons. The number of amides is 1. The molecule has 0 spiro atoms. The molecule has 3 rings (SSSR count). The Hall–Kier alpha value is -2.43. The molecule has 0 atom stereocenters. The van der Waals surface area contributed by atoms with E-state index in [1.54, 1.807) is 11.8 Å². The van der Waals surface area contributed by atoms with Crippen LogP contribution < -0.4 is 10.1 Å². The molecule has 5 heteroatoms. The van der Waals surface area contributed by atoms with Crippen molar-refractivity contribution in [3.05, 3.63) is 83.9 Å². The zero-order valence-electron chi connectivity index (χ0n) is 14.0. The van der Waals surface area contributed by atoms with Gasteiger partial charge in [0.05, 0.1) is 5.69 Å². The first-order chi connectivity index (χ1) is 12.7. The summed E-state index contributed by atoms with van der Waals surface area (Å²) in [5, 5.41) is 3.64. The second-order valence-corrected chi connectivity index (χ2v) is 7.12. The van der Waals surface area contributed by atoms with Crippen LogP contribution in [0.25, 0.3) is 0 Å². The van der Waals surface area contributed by atoms with E-state index in [2.05, 4.69) is 5.32 Å². The minimum absolute atomic E-state index is 0.0458. The summed E-state index contributed by atoms with van der Waals surface area (Å²) in [5.41, 5.74) is 0.665. The summed E-state index contributed by atoms with van der Waals surface area (Å²) in [4.78, 5) is 13.4. The van der Waals surface area contributed by atoms with Gasteiger partial charge in [-0.05, 0) is 48.5 Å². The predicted octanol–water partition coefficient (Wildman–Crippen LogP) is 6.25. The number of benzene rings is 3. The Morgan fingerprint density at radius 3 is 2.38 bits per heavy atom. The maximum atomic E-state index is 12.3. The van der Waals surface area contributed by atoms with E-state index >= 15 is 0 Å². The number of thioether (sulfide) groups is 1. The summed E-state index contributed by atoms with van der Waals surface area (Å²) >= 11 is 7.50. The SMILES string of the molecule is O=C(CCSc1ccc(Cl)cc1)Nc1ccccc1Oc1ccccc1. The van der Waals surface area contributed by atoms with Gasteiger partial charge in [-0.1, -0.05) is 41.9 Å². The summed E-state index contributed by atoms with van der Waals surface area (Å²) in [6, 6.07) is 24.5. The second-order valence-electron chi connectivity index (χ2n) is 5.51. The van der Waals surface area contributed by atoms with Gasteiger partial charge in [0.1, 0.15) is 5.75 Å². The molecule has 0 fully saturated rings. The van der Waals surface area contributed by atoms with Gasteiger partial charge in [0.25, 0.3) is 0 Å². The molecule has 0 aliphatic carbocycles. The van der Waals surface area contributed by atoms with Crippen molar-refractivity contribution in [1.29, 1.82) is 0 Å². The minimum atomic E-state index is -0.0458. The van der Waals surface area contributed by atoms with Crippen LogP contribution in [-0.2, 0) is 4.79 Å². The predicted molar refractivity (Wildman–Crippen MR) is 108 cm³/mol. The summed E-state index contributed by atoms with van der Waals surface area (Å²) in [7, 11) is 0. The standard InChI is InChI=1S/C21H18ClNO2S/c22-16-10-12-18(13-11-16)26-15-14-21(24)23-19-8-4-5-9-20(19)25-17-6-2-1-3-7-17/h1-13H,14-15H2,(H,23,24). The van der Waals surface area contributed by atoms with Crippen molar-refractivity contribution in [1.82, 2.24) is 0 Å². The molecule has 26 heavy (non-hydrogen) atoms. The summed E-state index contributed by atoms with van der Waals surface area (Å²) in [6.45, 7) is 0. The molecule has 0 unspecified atom stereocenters. The van der Waals surface area contributed by atoms with E-state index in [1.165, 1.54) is 0 Å². The minimum Gasteiger partial charge on any atom is -0.455 e. The van der Waals surface area contributed by atoms with Gasteiger partial charge in [-0.3, -0.25) is 4.79 Å². The largest absolute Gasteiger partial charge is 0.455 e. The Morgan fingerprint density at radius 1 is 0.923 bits per heavy atom. The number of halogens is 1. The van der Waals surface area contributed by atoms with Gasteiger partial charge in [-0.2, -0.15) is 0 Å². The van der Waals surface area contributed by atoms with Gasteiger partial charge in [0.2, 0.25) is 5.91 Å². The van der Waals surface area contributed by atoms with E-state index < -0.39 is 0 Å². The first-order valence-corrected chi connectivity index (χ1v) is 9.57. The highest BCUT2D eigenvalue weighted by Crippen LogP contribution is 2.29. The first-order valence-electron chi connectivity index (χ1n) is 8.21. The quantitative estimate of drug-likeness (QED) is 0.490. The fourth-order valence-corrected chi connectivity index (χ4v) is 3.26. The molecule has 1 amide bonds. The third-order valence-electron chi connectivity index (χ3n) is 3.54. The fourth-order valence-electron chi connectivity index (χ4n) is 2.28. The van der Waals surface area contributed by atoms with Gasteiger partial charge in [0.15, 0.2) is 5.75 Å². The lowest BCUT2D eigenvalue weighted by Gasteiger charge is -2.12. The topological polar surface area (TPSA) is 38.3 Å². The van der Waals surface area contributed by atoms with Crippen LogP contribution in [0.15, 0.2) is 83.8 Å². The van der Waals surface area contributed by atoms with Crippen LogP contribution in [0.4, 0.5) is 5.69 Å². The van der Waals surface area contributed by atoms with Gasteiger partial charge in [-0.25, -0.2) is 0 Å². The van der Waals surface area contributed by atoms with Crippen LogP contribution in [0.1, 0.15) is 6.42 Å². The zero-order chi connectivity index (χ0) is 18.2. The number of nitrogens with one attached hydrogen (secondary N) is 1. The Labute approximate surface area is 162 Å². The average Bonchev–Trinajstić information content (AvgIpc) is 2.66. The molecule has 0 radical (unpaired) electrons. The van der Waals surface area contributed by atoms with Crippen LogP contribution in [-0.4, -0.2) is 11.7 Å². The molecule has 0 saturated heterocycles. The molecule has 0 aliphatic rings. The number of ether oxygens (including phenoxy) is 1. The smallest absolute Gasteiger partial charge is 0.225 e. The normalized spacial score (nSPS) is 10.3. The van der Waals surface area contributed by atoms with Crippen molar-refractivity contribution in [2.24, 2.45) is 0 Å². The maximum Gasteiger partial charge on any atom is 0.225 e. The van der Waals surface area contributed by atoms with Gasteiger partial charge >= 0.3 is 0 Å².